The largest absolute Gasteiger partial charge is 0.308 e. The van der Waals surface area contributed by atoms with E-state index in [0.717, 1.165) is 13.0 Å². The molecule has 1 heterocycles. The Labute approximate surface area is 92.9 Å². The summed E-state index contributed by atoms with van der Waals surface area (Å²) >= 11 is 0. The molecule has 0 bridgehead atoms. The SMILES string of the molecule is CCC(C)(C)NCc1cnn(C(C)C)c1. The van der Waals surface area contributed by atoms with Crippen LogP contribution >= 0.6 is 0 Å². The van der Waals surface area contributed by atoms with Gasteiger partial charge in [-0.1, -0.05) is 6.92 Å². The molecule has 1 aromatic heterocycles. The van der Waals surface area contributed by atoms with Crippen molar-refractivity contribution < 1.29 is 0 Å². The van der Waals surface area contributed by atoms with E-state index in [9.17, 15) is 0 Å². The van der Waals surface area contributed by atoms with Crippen LogP contribution in [0.5, 0.6) is 0 Å². The number of hydrogen-bond donors (Lipinski definition) is 1. The van der Waals surface area contributed by atoms with Crippen molar-refractivity contribution in [2.24, 2.45) is 0 Å². The van der Waals surface area contributed by atoms with E-state index in [4.69, 9.17) is 0 Å². The molecular formula is C12H23N3. The molecule has 3 nitrogen and oxygen atoms in total. The zero-order valence-corrected chi connectivity index (χ0v) is 10.5. The van der Waals surface area contributed by atoms with Crippen LogP contribution < -0.4 is 5.32 Å². The minimum absolute atomic E-state index is 0.208. The van der Waals surface area contributed by atoms with Crippen molar-refractivity contribution in [3.8, 4) is 0 Å². The van der Waals surface area contributed by atoms with E-state index in [1.54, 1.807) is 0 Å². The molecule has 86 valence electrons. The maximum Gasteiger partial charge on any atom is 0.0534 e. The second kappa shape index (κ2) is 4.79. The van der Waals surface area contributed by atoms with Gasteiger partial charge in [0.25, 0.3) is 0 Å². The smallest absolute Gasteiger partial charge is 0.0534 e. The minimum atomic E-state index is 0.208. The maximum absolute atomic E-state index is 4.32. The third-order valence-corrected chi connectivity index (χ3v) is 2.84. The van der Waals surface area contributed by atoms with Crippen LogP contribution in [0.2, 0.25) is 0 Å². The fourth-order valence-corrected chi connectivity index (χ4v) is 1.22. The molecule has 0 unspecified atom stereocenters. The predicted octanol–water partition coefficient (Wildman–Crippen LogP) is 2.74. The van der Waals surface area contributed by atoms with Crippen molar-refractivity contribution in [3.05, 3.63) is 18.0 Å². The van der Waals surface area contributed by atoms with Crippen LogP contribution in [-0.4, -0.2) is 15.3 Å². The first-order valence-corrected chi connectivity index (χ1v) is 5.72. The fourth-order valence-electron chi connectivity index (χ4n) is 1.22. The number of nitrogens with zero attached hydrogens (tertiary/aromatic N) is 2. The Morgan fingerprint density at radius 3 is 2.60 bits per heavy atom. The Morgan fingerprint density at radius 1 is 1.47 bits per heavy atom. The number of hydrogen-bond acceptors (Lipinski definition) is 2. The number of rotatable bonds is 5. The molecule has 0 atom stereocenters. The van der Waals surface area contributed by atoms with Gasteiger partial charge in [-0.25, -0.2) is 0 Å². The molecule has 0 fully saturated rings. The highest BCUT2D eigenvalue weighted by Crippen LogP contribution is 2.10. The van der Waals surface area contributed by atoms with E-state index in [0.29, 0.717) is 6.04 Å². The normalized spacial score (nSPS) is 12.4. The molecule has 0 aliphatic carbocycles. The van der Waals surface area contributed by atoms with Crippen LogP contribution in [-0.2, 0) is 6.54 Å². The van der Waals surface area contributed by atoms with Crippen molar-refractivity contribution in [1.82, 2.24) is 15.1 Å². The molecule has 0 amide bonds. The standard InChI is InChI=1S/C12H23N3/c1-6-12(4,5)13-7-11-8-14-15(9-11)10(2)3/h8-10,13H,6-7H2,1-5H3. The molecule has 0 saturated heterocycles. The van der Waals surface area contributed by atoms with Crippen LogP contribution in [0.3, 0.4) is 0 Å². The Balaban J connectivity index is 2.51. The van der Waals surface area contributed by atoms with Gasteiger partial charge in [0.15, 0.2) is 0 Å². The van der Waals surface area contributed by atoms with Gasteiger partial charge in [0.1, 0.15) is 0 Å². The lowest BCUT2D eigenvalue weighted by Gasteiger charge is -2.24. The molecule has 1 aromatic rings. The topological polar surface area (TPSA) is 29.9 Å². The maximum atomic E-state index is 4.32. The third-order valence-electron chi connectivity index (χ3n) is 2.84. The third kappa shape index (κ3) is 3.67. The molecule has 0 aliphatic rings. The second-order valence-electron chi connectivity index (χ2n) is 5.01. The van der Waals surface area contributed by atoms with E-state index in [1.165, 1.54) is 5.56 Å². The Bertz CT molecular complexity index is 300. The van der Waals surface area contributed by atoms with Gasteiger partial charge in [-0.15, -0.1) is 0 Å². The van der Waals surface area contributed by atoms with Gasteiger partial charge in [-0.05, 0) is 34.1 Å². The van der Waals surface area contributed by atoms with Crippen molar-refractivity contribution in [2.45, 2.75) is 59.2 Å². The van der Waals surface area contributed by atoms with Gasteiger partial charge in [-0.2, -0.15) is 5.10 Å². The van der Waals surface area contributed by atoms with Crippen LogP contribution in [0.25, 0.3) is 0 Å². The zero-order chi connectivity index (χ0) is 11.5. The minimum Gasteiger partial charge on any atom is -0.308 e. The quantitative estimate of drug-likeness (QED) is 0.808. The van der Waals surface area contributed by atoms with Gasteiger partial charge < -0.3 is 5.32 Å². The molecule has 0 saturated carbocycles. The molecule has 0 radical (unpaired) electrons. The summed E-state index contributed by atoms with van der Waals surface area (Å²) in [4.78, 5) is 0. The Morgan fingerprint density at radius 2 is 2.13 bits per heavy atom. The Kier molecular flexibility index (Phi) is 3.91. The van der Waals surface area contributed by atoms with Crippen LogP contribution in [0.15, 0.2) is 12.4 Å². The van der Waals surface area contributed by atoms with E-state index in [1.807, 2.05) is 10.9 Å². The van der Waals surface area contributed by atoms with Crippen molar-refractivity contribution in [2.75, 3.05) is 0 Å². The van der Waals surface area contributed by atoms with E-state index >= 15 is 0 Å². The summed E-state index contributed by atoms with van der Waals surface area (Å²) in [5.41, 5.74) is 1.46. The average Bonchev–Trinajstić information content (AvgIpc) is 2.63. The number of nitrogens with one attached hydrogen (secondary N) is 1. The highest BCUT2D eigenvalue weighted by molar-refractivity contribution is 5.04. The highest BCUT2D eigenvalue weighted by Gasteiger charge is 2.13. The van der Waals surface area contributed by atoms with E-state index < -0.39 is 0 Å². The monoisotopic (exact) mass is 209 g/mol. The first-order chi connectivity index (χ1) is 6.94. The van der Waals surface area contributed by atoms with Gasteiger partial charge >= 0.3 is 0 Å². The highest BCUT2D eigenvalue weighted by atomic mass is 15.3. The first-order valence-electron chi connectivity index (χ1n) is 5.72. The predicted molar refractivity (Wildman–Crippen MR) is 63.8 cm³/mol. The molecular weight excluding hydrogens is 186 g/mol. The van der Waals surface area contributed by atoms with Crippen LogP contribution in [0, 0.1) is 0 Å². The zero-order valence-electron chi connectivity index (χ0n) is 10.5. The summed E-state index contributed by atoms with van der Waals surface area (Å²) < 4.78 is 2.00. The summed E-state index contributed by atoms with van der Waals surface area (Å²) in [6.07, 6.45) is 5.19. The van der Waals surface area contributed by atoms with Gasteiger partial charge in [0.2, 0.25) is 0 Å². The molecule has 0 spiro atoms. The molecule has 0 aliphatic heterocycles. The van der Waals surface area contributed by atoms with Crippen LogP contribution in [0.4, 0.5) is 0 Å². The summed E-state index contributed by atoms with van der Waals surface area (Å²) in [6, 6.07) is 0.443. The summed E-state index contributed by atoms with van der Waals surface area (Å²) in [6.45, 7) is 11.8. The molecule has 3 heteroatoms. The summed E-state index contributed by atoms with van der Waals surface area (Å²) in [5, 5.41) is 7.84. The average molecular weight is 209 g/mol. The lowest BCUT2D eigenvalue weighted by atomic mass is 10.0. The summed E-state index contributed by atoms with van der Waals surface area (Å²) in [7, 11) is 0. The van der Waals surface area contributed by atoms with E-state index in [-0.39, 0.29) is 5.54 Å². The lowest BCUT2D eigenvalue weighted by Crippen LogP contribution is -2.37. The van der Waals surface area contributed by atoms with E-state index in [2.05, 4.69) is 51.2 Å². The molecule has 15 heavy (non-hydrogen) atoms. The van der Waals surface area contributed by atoms with Crippen molar-refractivity contribution >= 4 is 0 Å². The molecule has 1 rings (SSSR count). The molecule has 0 aromatic carbocycles. The van der Waals surface area contributed by atoms with Gasteiger partial charge in [0.05, 0.1) is 6.20 Å². The lowest BCUT2D eigenvalue weighted by molar-refractivity contribution is 0.374. The number of aromatic nitrogens is 2. The fraction of sp³-hybridized carbons (Fsp3) is 0.750. The Hall–Kier alpha value is -0.830. The first kappa shape index (κ1) is 12.2. The van der Waals surface area contributed by atoms with Gasteiger partial charge in [-0.3, -0.25) is 4.68 Å². The van der Waals surface area contributed by atoms with Crippen LogP contribution in [0.1, 0.15) is 52.6 Å². The second-order valence-corrected chi connectivity index (χ2v) is 5.01. The van der Waals surface area contributed by atoms with Crippen molar-refractivity contribution in [1.29, 1.82) is 0 Å². The summed E-state index contributed by atoms with van der Waals surface area (Å²) in [5.74, 6) is 0. The molecule has 1 N–H and O–H groups in total. The van der Waals surface area contributed by atoms with Gasteiger partial charge in [0, 0.05) is 29.9 Å². The van der Waals surface area contributed by atoms with Crippen molar-refractivity contribution in [3.63, 3.8) is 0 Å².